The van der Waals surface area contributed by atoms with Gasteiger partial charge in [-0.1, -0.05) is 17.7 Å². The normalized spacial score (nSPS) is 10.5. The number of nitro benzene ring substituents is 1. The number of alkyl halides is 2. The number of nitro groups is 1. The van der Waals surface area contributed by atoms with Crippen LogP contribution in [0.5, 0.6) is 11.5 Å². The fourth-order valence-electron chi connectivity index (χ4n) is 2.02. The molecular formula is C15H10ClF3N2O5. The zero-order valence-corrected chi connectivity index (χ0v) is 13.7. The molecule has 0 saturated heterocycles. The van der Waals surface area contributed by atoms with E-state index in [-0.39, 0.29) is 16.5 Å². The van der Waals surface area contributed by atoms with E-state index in [1.165, 1.54) is 18.2 Å². The topological polar surface area (TPSA) is 90.7 Å². The highest BCUT2D eigenvalue weighted by Crippen LogP contribution is 2.36. The molecule has 0 heterocycles. The summed E-state index contributed by atoms with van der Waals surface area (Å²) in [6.07, 6.45) is 0. The molecule has 2 aromatic rings. The van der Waals surface area contributed by atoms with Crippen LogP contribution in [0.15, 0.2) is 30.3 Å². The first-order valence-electron chi connectivity index (χ1n) is 6.81. The highest BCUT2D eigenvalue weighted by atomic mass is 35.5. The third kappa shape index (κ3) is 4.14. The first-order valence-corrected chi connectivity index (χ1v) is 7.19. The molecule has 1 N–H and O–H groups in total. The van der Waals surface area contributed by atoms with Crippen LogP contribution in [0.3, 0.4) is 0 Å². The molecule has 0 fully saturated rings. The van der Waals surface area contributed by atoms with Gasteiger partial charge in [-0.3, -0.25) is 14.9 Å². The Kier molecular flexibility index (Phi) is 5.88. The highest BCUT2D eigenvalue weighted by Gasteiger charge is 2.26. The molecule has 2 rings (SSSR count). The number of benzene rings is 2. The second-order valence-electron chi connectivity index (χ2n) is 4.71. The van der Waals surface area contributed by atoms with E-state index >= 15 is 0 Å². The molecule has 1 amide bonds. The number of methoxy groups -OCH3 is 1. The Balaban J connectivity index is 2.48. The zero-order valence-electron chi connectivity index (χ0n) is 13.0. The predicted octanol–water partition coefficient (Wildman–Crippen LogP) is 4.25. The van der Waals surface area contributed by atoms with Gasteiger partial charge in [0.15, 0.2) is 17.3 Å². The number of carbonyl (C=O) groups is 1. The summed E-state index contributed by atoms with van der Waals surface area (Å²) >= 11 is 5.60. The molecule has 0 spiro atoms. The quantitative estimate of drug-likeness (QED) is 0.588. The Hall–Kier alpha value is -3.01. The molecule has 26 heavy (non-hydrogen) atoms. The summed E-state index contributed by atoms with van der Waals surface area (Å²) in [5.41, 5.74) is -1.70. The minimum Gasteiger partial charge on any atom is -0.493 e. The lowest BCUT2D eigenvalue weighted by atomic mass is 10.1. The van der Waals surface area contributed by atoms with Crippen molar-refractivity contribution in [1.82, 2.24) is 0 Å². The number of carbonyl (C=O) groups excluding carboxylic acids is 1. The average molecular weight is 391 g/mol. The lowest BCUT2D eigenvalue weighted by Crippen LogP contribution is -2.16. The molecule has 0 aliphatic carbocycles. The van der Waals surface area contributed by atoms with Gasteiger partial charge in [0.1, 0.15) is 5.56 Å². The first kappa shape index (κ1) is 19.3. The van der Waals surface area contributed by atoms with Gasteiger partial charge in [-0.15, -0.1) is 0 Å². The van der Waals surface area contributed by atoms with E-state index in [0.717, 1.165) is 13.2 Å². The fraction of sp³-hybridized carbons (Fsp3) is 0.133. The number of nitrogens with one attached hydrogen (secondary N) is 1. The van der Waals surface area contributed by atoms with Crippen molar-refractivity contribution in [3.63, 3.8) is 0 Å². The summed E-state index contributed by atoms with van der Waals surface area (Å²) in [6, 6.07) is 5.25. The number of rotatable bonds is 6. The standard InChI is InChI=1S/C15H10ClF3N2O5/c1-25-11-5-7(10(21(23)24)6-12(11)26-15(18)19)14(22)20-9-4-2-3-8(16)13(9)17/h2-6,15H,1H3,(H,20,22). The van der Waals surface area contributed by atoms with Crippen molar-refractivity contribution in [1.29, 1.82) is 0 Å². The van der Waals surface area contributed by atoms with Crippen molar-refractivity contribution in [2.45, 2.75) is 6.61 Å². The van der Waals surface area contributed by atoms with E-state index in [2.05, 4.69) is 10.1 Å². The third-order valence-corrected chi connectivity index (χ3v) is 3.43. The molecule has 7 nitrogen and oxygen atoms in total. The molecular weight excluding hydrogens is 381 g/mol. The number of hydrogen-bond donors (Lipinski definition) is 1. The highest BCUT2D eigenvalue weighted by molar-refractivity contribution is 6.31. The van der Waals surface area contributed by atoms with E-state index in [4.69, 9.17) is 16.3 Å². The molecule has 0 aliphatic rings. The molecule has 2 aromatic carbocycles. The van der Waals surface area contributed by atoms with Crippen LogP contribution in [0.1, 0.15) is 10.4 Å². The van der Waals surface area contributed by atoms with Gasteiger partial charge in [0.05, 0.1) is 28.8 Å². The molecule has 0 unspecified atom stereocenters. The maximum Gasteiger partial charge on any atom is 0.387 e. The van der Waals surface area contributed by atoms with Crippen molar-refractivity contribution in [3.05, 3.63) is 56.8 Å². The van der Waals surface area contributed by atoms with E-state index in [1.54, 1.807) is 0 Å². The number of hydrogen-bond acceptors (Lipinski definition) is 5. The molecule has 0 aliphatic heterocycles. The zero-order chi connectivity index (χ0) is 19.4. The van der Waals surface area contributed by atoms with Gasteiger partial charge in [0.25, 0.3) is 11.6 Å². The van der Waals surface area contributed by atoms with Gasteiger partial charge in [-0.2, -0.15) is 8.78 Å². The molecule has 0 atom stereocenters. The lowest BCUT2D eigenvalue weighted by Gasteiger charge is -2.12. The summed E-state index contributed by atoms with van der Waals surface area (Å²) in [4.78, 5) is 22.5. The van der Waals surface area contributed by atoms with Crippen molar-refractivity contribution >= 4 is 28.9 Å². The maximum absolute atomic E-state index is 13.9. The summed E-state index contributed by atoms with van der Waals surface area (Å²) in [5.74, 6) is -2.97. The maximum atomic E-state index is 13.9. The Morgan fingerprint density at radius 3 is 2.58 bits per heavy atom. The van der Waals surface area contributed by atoms with E-state index in [0.29, 0.717) is 6.07 Å². The fourth-order valence-corrected chi connectivity index (χ4v) is 2.19. The van der Waals surface area contributed by atoms with E-state index < -0.39 is 40.3 Å². The lowest BCUT2D eigenvalue weighted by molar-refractivity contribution is -0.385. The minimum atomic E-state index is -3.26. The first-order chi connectivity index (χ1) is 12.2. The second-order valence-corrected chi connectivity index (χ2v) is 5.12. The Labute approximate surface area is 149 Å². The van der Waals surface area contributed by atoms with Crippen LogP contribution in [0.4, 0.5) is 24.5 Å². The van der Waals surface area contributed by atoms with Crippen LogP contribution >= 0.6 is 11.6 Å². The summed E-state index contributed by atoms with van der Waals surface area (Å²) in [5, 5.41) is 13.0. The SMILES string of the molecule is COc1cc(C(=O)Nc2cccc(Cl)c2F)c([N+](=O)[O-])cc1OC(F)F. The van der Waals surface area contributed by atoms with Gasteiger partial charge in [0.2, 0.25) is 0 Å². The van der Waals surface area contributed by atoms with Crippen LogP contribution in [0.25, 0.3) is 0 Å². The average Bonchev–Trinajstić information content (AvgIpc) is 2.57. The largest absolute Gasteiger partial charge is 0.493 e. The number of ether oxygens (including phenoxy) is 2. The Morgan fingerprint density at radius 1 is 1.31 bits per heavy atom. The van der Waals surface area contributed by atoms with Gasteiger partial charge < -0.3 is 14.8 Å². The van der Waals surface area contributed by atoms with Gasteiger partial charge in [0, 0.05) is 6.07 Å². The number of amides is 1. The number of anilines is 1. The van der Waals surface area contributed by atoms with Crippen LogP contribution in [-0.2, 0) is 0 Å². The van der Waals surface area contributed by atoms with Crippen LogP contribution in [-0.4, -0.2) is 24.6 Å². The van der Waals surface area contributed by atoms with Crippen LogP contribution in [0, 0.1) is 15.9 Å². The smallest absolute Gasteiger partial charge is 0.387 e. The molecule has 11 heteroatoms. The second kappa shape index (κ2) is 7.91. The van der Waals surface area contributed by atoms with Gasteiger partial charge in [-0.25, -0.2) is 4.39 Å². The molecule has 0 radical (unpaired) electrons. The Morgan fingerprint density at radius 2 is 2.00 bits per heavy atom. The van der Waals surface area contributed by atoms with Crippen molar-refractivity contribution in [2.24, 2.45) is 0 Å². The summed E-state index contributed by atoms with van der Waals surface area (Å²) in [7, 11) is 1.10. The van der Waals surface area contributed by atoms with Crippen LogP contribution < -0.4 is 14.8 Å². The van der Waals surface area contributed by atoms with Crippen molar-refractivity contribution in [2.75, 3.05) is 12.4 Å². The number of halogens is 4. The van der Waals surface area contributed by atoms with Gasteiger partial charge in [-0.05, 0) is 12.1 Å². The van der Waals surface area contributed by atoms with Gasteiger partial charge >= 0.3 is 6.61 Å². The Bertz CT molecular complexity index is 863. The minimum absolute atomic E-state index is 0.268. The number of nitrogens with zero attached hydrogens (tertiary/aromatic N) is 1. The molecule has 0 aromatic heterocycles. The predicted molar refractivity (Wildman–Crippen MR) is 85.6 cm³/mol. The summed E-state index contributed by atoms with van der Waals surface area (Å²) in [6.45, 7) is -3.26. The van der Waals surface area contributed by atoms with Crippen LogP contribution in [0.2, 0.25) is 5.02 Å². The van der Waals surface area contributed by atoms with E-state index in [1.807, 2.05) is 0 Å². The van der Waals surface area contributed by atoms with Crippen molar-refractivity contribution < 1.29 is 32.4 Å². The molecule has 0 bridgehead atoms. The monoisotopic (exact) mass is 390 g/mol. The summed E-state index contributed by atoms with van der Waals surface area (Å²) < 4.78 is 47.7. The third-order valence-electron chi connectivity index (χ3n) is 3.14. The molecule has 138 valence electrons. The molecule has 0 saturated carbocycles. The van der Waals surface area contributed by atoms with E-state index in [9.17, 15) is 28.1 Å². The van der Waals surface area contributed by atoms with Crippen molar-refractivity contribution in [3.8, 4) is 11.5 Å².